The lowest BCUT2D eigenvalue weighted by atomic mass is 10.1. The fourth-order valence-corrected chi connectivity index (χ4v) is 2.97. The maximum atomic E-state index is 12.5. The van der Waals surface area contributed by atoms with Crippen molar-refractivity contribution in [2.75, 3.05) is 5.32 Å². The first-order chi connectivity index (χ1) is 13.4. The first-order valence-corrected chi connectivity index (χ1v) is 9.35. The largest absolute Gasteiger partial charge is 0.346 e. The molecular weight excluding hydrogens is 372 g/mol. The second kappa shape index (κ2) is 8.72. The van der Waals surface area contributed by atoms with Gasteiger partial charge in [0.05, 0.1) is 6.04 Å². The van der Waals surface area contributed by atoms with E-state index >= 15 is 0 Å². The molecule has 28 heavy (non-hydrogen) atoms. The standard InChI is InChI=1S/C23H21ClN2O2/c1-15-8-13-20(24)14-21(15)26-23(28)19-11-9-18(10-12-19)22(27)25-16(2)17-6-4-3-5-7-17/h3-14,16H,1-2H3,(H,25,27)(H,26,28). The smallest absolute Gasteiger partial charge is 0.255 e. The minimum atomic E-state index is -0.255. The van der Waals surface area contributed by atoms with Crippen LogP contribution in [-0.4, -0.2) is 11.8 Å². The average Bonchev–Trinajstić information content (AvgIpc) is 2.71. The minimum absolute atomic E-state index is 0.109. The number of nitrogens with one attached hydrogen (secondary N) is 2. The number of amides is 2. The molecule has 3 aromatic rings. The van der Waals surface area contributed by atoms with E-state index in [-0.39, 0.29) is 17.9 Å². The molecular formula is C23H21ClN2O2. The molecule has 0 fully saturated rings. The molecule has 0 spiro atoms. The molecule has 0 radical (unpaired) electrons. The first kappa shape index (κ1) is 19.6. The monoisotopic (exact) mass is 392 g/mol. The van der Waals surface area contributed by atoms with Gasteiger partial charge in [-0.2, -0.15) is 0 Å². The van der Waals surface area contributed by atoms with E-state index in [1.165, 1.54) is 0 Å². The summed E-state index contributed by atoms with van der Waals surface area (Å²) in [5.41, 5.74) is 3.58. The van der Waals surface area contributed by atoms with Crippen LogP contribution in [-0.2, 0) is 0 Å². The number of rotatable bonds is 5. The molecule has 1 unspecified atom stereocenters. The summed E-state index contributed by atoms with van der Waals surface area (Å²) in [7, 11) is 0. The van der Waals surface area contributed by atoms with Gasteiger partial charge in [-0.15, -0.1) is 0 Å². The average molecular weight is 393 g/mol. The SMILES string of the molecule is Cc1ccc(Cl)cc1NC(=O)c1ccc(C(=O)NC(C)c2ccccc2)cc1. The van der Waals surface area contributed by atoms with Gasteiger partial charge >= 0.3 is 0 Å². The highest BCUT2D eigenvalue weighted by Crippen LogP contribution is 2.21. The van der Waals surface area contributed by atoms with Gasteiger partial charge in [0.25, 0.3) is 11.8 Å². The lowest BCUT2D eigenvalue weighted by molar-refractivity contribution is 0.0938. The van der Waals surface area contributed by atoms with Gasteiger partial charge in [-0.05, 0) is 61.4 Å². The van der Waals surface area contributed by atoms with Gasteiger partial charge in [0.1, 0.15) is 0 Å². The molecule has 0 heterocycles. The van der Waals surface area contributed by atoms with E-state index in [0.717, 1.165) is 11.1 Å². The third-order valence-electron chi connectivity index (χ3n) is 4.50. The molecule has 2 N–H and O–H groups in total. The highest BCUT2D eigenvalue weighted by Gasteiger charge is 2.13. The fourth-order valence-electron chi connectivity index (χ4n) is 2.80. The van der Waals surface area contributed by atoms with Crippen molar-refractivity contribution in [2.45, 2.75) is 19.9 Å². The normalized spacial score (nSPS) is 11.5. The van der Waals surface area contributed by atoms with Crippen LogP contribution < -0.4 is 10.6 Å². The van der Waals surface area contributed by atoms with E-state index in [1.807, 2.05) is 50.2 Å². The number of hydrogen-bond acceptors (Lipinski definition) is 2. The van der Waals surface area contributed by atoms with E-state index in [9.17, 15) is 9.59 Å². The summed E-state index contributed by atoms with van der Waals surface area (Å²) < 4.78 is 0. The van der Waals surface area contributed by atoms with Crippen molar-refractivity contribution in [1.29, 1.82) is 0 Å². The Morgan fingerprint density at radius 1 is 0.857 bits per heavy atom. The van der Waals surface area contributed by atoms with Crippen LogP contribution in [0.2, 0.25) is 5.02 Å². The Kier molecular flexibility index (Phi) is 6.12. The summed E-state index contributed by atoms with van der Waals surface area (Å²) in [6.45, 7) is 3.83. The predicted molar refractivity (Wildman–Crippen MR) is 113 cm³/mol. The molecule has 3 aromatic carbocycles. The predicted octanol–water partition coefficient (Wildman–Crippen LogP) is 5.39. The molecule has 142 valence electrons. The van der Waals surface area contributed by atoms with Gasteiger partial charge in [0.15, 0.2) is 0 Å². The van der Waals surface area contributed by atoms with Gasteiger partial charge in [-0.1, -0.05) is 48.0 Å². The summed E-state index contributed by atoms with van der Waals surface area (Å²) in [6.07, 6.45) is 0. The number of aryl methyl sites for hydroxylation is 1. The molecule has 3 rings (SSSR count). The number of hydrogen-bond donors (Lipinski definition) is 2. The minimum Gasteiger partial charge on any atom is -0.346 e. The molecule has 1 atom stereocenters. The second-order valence-corrected chi connectivity index (χ2v) is 7.03. The number of halogens is 1. The lowest BCUT2D eigenvalue weighted by Gasteiger charge is -2.14. The summed E-state index contributed by atoms with van der Waals surface area (Å²) in [5, 5.41) is 6.36. The van der Waals surface area contributed by atoms with Crippen molar-refractivity contribution in [3.8, 4) is 0 Å². The number of carbonyl (C=O) groups is 2. The zero-order valence-corrected chi connectivity index (χ0v) is 16.5. The molecule has 2 amide bonds. The Morgan fingerprint density at radius 2 is 1.46 bits per heavy atom. The van der Waals surface area contributed by atoms with Crippen molar-refractivity contribution in [3.05, 3.63) is 100 Å². The summed E-state index contributed by atoms with van der Waals surface area (Å²) in [4.78, 5) is 24.9. The number of anilines is 1. The highest BCUT2D eigenvalue weighted by atomic mass is 35.5. The van der Waals surface area contributed by atoms with Gasteiger partial charge in [0, 0.05) is 21.8 Å². The molecule has 0 bridgehead atoms. The molecule has 0 aliphatic rings. The zero-order chi connectivity index (χ0) is 20.1. The van der Waals surface area contributed by atoms with Crippen LogP contribution in [0.25, 0.3) is 0 Å². The molecule has 0 aromatic heterocycles. The van der Waals surface area contributed by atoms with Gasteiger partial charge < -0.3 is 10.6 Å². The highest BCUT2D eigenvalue weighted by molar-refractivity contribution is 6.31. The maximum Gasteiger partial charge on any atom is 0.255 e. The third-order valence-corrected chi connectivity index (χ3v) is 4.74. The Bertz CT molecular complexity index is 985. The van der Waals surface area contributed by atoms with E-state index in [1.54, 1.807) is 36.4 Å². The number of benzene rings is 3. The topological polar surface area (TPSA) is 58.2 Å². The summed E-state index contributed by atoms with van der Waals surface area (Å²) in [6, 6.07) is 21.5. The van der Waals surface area contributed by atoms with Crippen molar-refractivity contribution in [2.24, 2.45) is 0 Å². The summed E-state index contributed by atoms with van der Waals surface area (Å²) >= 11 is 5.99. The Morgan fingerprint density at radius 3 is 2.11 bits per heavy atom. The second-order valence-electron chi connectivity index (χ2n) is 6.60. The Hall–Kier alpha value is -3.11. The van der Waals surface area contributed by atoms with E-state index in [4.69, 9.17) is 11.6 Å². The van der Waals surface area contributed by atoms with E-state index in [2.05, 4.69) is 10.6 Å². The quantitative estimate of drug-likeness (QED) is 0.611. The van der Waals surface area contributed by atoms with E-state index < -0.39 is 0 Å². The molecule has 0 aliphatic heterocycles. The van der Waals surface area contributed by atoms with Crippen LogP contribution in [0.5, 0.6) is 0 Å². The van der Waals surface area contributed by atoms with Gasteiger partial charge in [0.2, 0.25) is 0 Å². The molecule has 0 saturated carbocycles. The Balaban J connectivity index is 1.66. The molecule has 0 saturated heterocycles. The van der Waals surface area contributed by atoms with E-state index in [0.29, 0.717) is 21.8 Å². The van der Waals surface area contributed by atoms with Crippen molar-refractivity contribution >= 4 is 29.1 Å². The lowest BCUT2D eigenvalue weighted by Crippen LogP contribution is -2.26. The molecule has 5 heteroatoms. The van der Waals surface area contributed by atoms with Crippen LogP contribution in [0.3, 0.4) is 0 Å². The van der Waals surface area contributed by atoms with Crippen LogP contribution in [0.1, 0.15) is 44.8 Å². The van der Waals surface area contributed by atoms with Crippen LogP contribution >= 0.6 is 11.6 Å². The maximum absolute atomic E-state index is 12.5. The van der Waals surface area contributed by atoms with Crippen LogP contribution in [0, 0.1) is 6.92 Å². The third kappa shape index (κ3) is 4.78. The zero-order valence-electron chi connectivity index (χ0n) is 15.7. The van der Waals surface area contributed by atoms with Crippen LogP contribution in [0.4, 0.5) is 5.69 Å². The van der Waals surface area contributed by atoms with Gasteiger partial charge in [-0.3, -0.25) is 9.59 Å². The van der Waals surface area contributed by atoms with Crippen molar-refractivity contribution in [3.63, 3.8) is 0 Å². The number of carbonyl (C=O) groups excluding carboxylic acids is 2. The fraction of sp³-hybridized carbons (Fsp3) is 0.130. The van der Waals surface area contributed by atoms with Crippen molar-refractivity contribution < 1.29 is 9.59 Å². The van der Waals surface area contributed by atoms with Gasteiger partial charge in [-0.25, -0.2) is 0 Å². The molecule has 0 aliphatic carbocycles. The summed E-state index contributed by atoms with van der Waals surface area (Å²) in [5.74, 6) is -0.441. The Labute approximate surface area is 169 Å². The van der Waals surface area contributed by atoms with Crippen LogP contribution in [0.15, 0.2) is 72.8 Å². The van der Waals surface area contributed by atoms with Crippen molar-refractivity contribution in [1.82, 2.24) is 5.32 Å². The molecule has 4 nitrogen and oxygen atoms in total. The first-order valence-electron chi connectivity index (χ1n) is 8.97.